The number of thiazole rings is 1. The van der Waals surface area contributed by atoms with Crippen LogP contribution in [0.5, 0.6) is 0 Å². The summed E-state index contributed by atoms with van der Waals surface area (Å²) in [7, 11) is 0. The van der Waals surface area contributed by atoms with E-state index in [4.69, 9.17) is 0 Å². The van der Waals surface area contributed by atoms with Gasteiger partial charge in [-0.1, -0.05) is 0 Å². The third-order valence-corrected chi connectivity index (χ3v) is 4.97. The van der Waals surface area contributed by atoms with Crippen LogP contribution in [0.2, 0.25) is 0 Å². The predicted molar refractivity (Wildman–Crippen MR) is 93.5 cm³/mol. The van der Waals surface area contributed by atoms with Crippen LogP contribution in [0.1, 0.15) is 29.1 Å². The number of nitrogens with zero attached hydrogens (tertiary/aromatic N) is 6. The molecule has 0 aromatic carbocycles. The van der Waals surface area contributed by atoms with E-state index in [1.54, 1.807) is 15.9 Å². The lowest BCUT2D eigenvalue weighted by Gasteiger charge is -2.10. The van der Waals surface area contributed by atoms with E-state index in [-0.39, 0.29) is 5.91 Å². The number of carbonyl (C=O) groups excluding carboxylic acids is 1. The molecule has 25 heavy (non-hydrogen) atoms. The molecule has 0 saturated carbocycles. The van der Waals surface area contributed by atoms with Gasteiger partial charge >= 0.3 is 0 Å². The molecule has 1 amide bonds. The van der Waals surface area contributed by atoms with E-state index >= 15 is 0 Å². The molecular formula is C16H17N7OS. The molecule has 128 valence electrons. The van der Waals surface area contributed by atoms with E-state index in [1.807, 2.05) is 36.0 Å². The minimum Gasteiger partial charge on any atom is -0.350 e. The van der Waals surface area contributed by atoms with Gasteiger partial charge in [0, 0.05) is 35.6 Å². The van der Waals surface area contributed by atoms with Gasteiger partial charge < -0.3 is 5.32 Å². The van der Waals surface area contributed by atoms with Gasteiger partial charge in [-0.25, -0.2) is 14.5 Å². The lowest BCUT2D eigenvalue weighted by molar-refractivity contribution is -0.121. The van der Waals surface area contributed by atoms with Crippen molar-refractivity contribution >= 4 is 28.0 Å². The van der Waals surface area contributed by atoms with Crippen molar-refractivity contribution in [1.29, 1.82) is 0 Å². The molecule has 0 fully saturated rings. The maximum absolute atomic E-state index is 12.2. The second-order valence-corrected chi connectivity index (χ2v) is 6.71. The number of hydrogen-bond donors (Lipinski definition) is 1. The molecule has 0 spiro atoms. The first-order valence-corrected chi connectivity index (χ1v) is 8.83. The summed E-state index contributed by atoms with van der Waals surface area (Å²) in [5.41, 5.74) is 3.76. The van der Waals surface area contributed by atoms with Crippen LogP contribution in [0.15, 0.2) is 24.1 Å². The third-order valence-electron chi connectivity index (χ3n) is 4.20. The Labute approximate surface area is 147 Å². The molecule has 4 rings (SSSR count). The lowest BCUT2D eigenvalue weighted by Crippen LogP contribution is -2.23. The maximum atomic E-state index is 12.2. The van der Waals surface area contributed by atoms with E-state index in [2.05, 4.69) is 25.4 Å². The molecule has 0 unspecified atom stereocenters. The zero-order chi connectivity index (χ0) is 17.4. The van der Waals surface area contributed by atoms with Gasteiger partial charge in [0.25, 0.3) is 5.78 Å². The molecule has 0 aliphatic rings. The Morgan fingerprint density at radius 3 is 3.04 bits per heavy atom. The normalized spacial score (nSPS) is 11.4. The van der Waals surface area contributed by atoms with Gasteiger partial charge in [0.1, 0.15) is 6.33 Å². The summed E-state index contributed by atoms with van der Waals surface area (Å²) in [5.74, 6) is 0.580. The number of hydrogen-bond acceptors (Lipinski definition) is 6. The number of aromatic nitrogens is 6. The molecule has 0 atom stereocenters. The molecule has 1 N–H and O–H groups in total. The zero-order valence-electron chi connectivity index (χ0n) is 13.9. The Bertz CT molecular complexity index is 1030. The van der Waals surface area contributed by atoms with Gasteiger partial charge in [-0.3, -0.25) is 9.20 Å². The summed E-state index contributed by atoms with van der Waals surface area (Å²) in [5, 5.41) is 9.08. The molecule has 0 bridgehead atoms. The van der Waals surface area contributed by atoms with Crippen LogP contribution >= 0.6 is 11.3 Å². The molecule has 8 nitrogen and oxygen atoms in total. The average Bonchev–Trinajstić information content (AvgIpc) is 3.27. The predicted octanol–water partition coefficient (Wildman–Crippen LogP) is 1.70. The van der Waals surface area contributed by atoms with E-state index in [9.17, 15) is 4.79 Å². The molecule has 4 heterocycles. The molecule has 0 radical (unpaired) electrons. The summed E-state index contributed by atoms with van der Waals surface area (Å²) < 4.78 is 3.66. The molecule has 0 aliphatic heterocycles. The first-order valence-electron chi connectivity index (χ1n) is 7.95. The molecule has 0 saturated heterocycles. The van der Waals surface area contributed by atoms with Crippen molar-refractivity contribution in [2.75, 3.05) is 0 Å². The number of fused-ring (bicyclic) bond motifs is 2. The number of imidazole rings is 1. The fourth-order valence-corrected chi connectivity index (χ4v) is 3.61. The Hall–Kier alpha value is -2.81. The van der Waals surface area contributed by atoms with Crippen LogP contribution in [0.25, 0.3) is 10.7 Å². The van der Waals surface area contributed by atoms with Crippen LogP contribution in [0.4, 0.5) is 0 Å². The highest BCUT2D eigenvalue weighted by Crippen LogP contribution is 2.15. The first-order chi connectivity index (χ1) is 12.1. The van der Waals surface area contributed by atoms with Crippen LogP contribution < -0.4 is 5.32 Å². The van der Waals surface area contributed by atoms with Gasteiger partial charge in [-0.05, 0) is 25.8 Å². The van der Waals surface area contributed by atoms with E-state index in [1.165, 1.54) is 6.33 Å². The zero-order valence-corrected chi connectivity index (χ0v) is 14.7. The summed E-state index contributed by atoms with van der Waals surface area (Å²) in [6.07, 6.45) is 6.39. The number of amides is 1. The van der Waals surface area contributed by atoms with Crippen LogP contribution in [-0.4, -0.2) is 34.9 Å². The second kappa shape index (κ2) is 6.25. The molecule has 4 aromatic rings. The Balaban J connectivity index is 1.39. The smallest absolute Gasteiger partial charge is 0.252 e. The van der Waals surface area contributed by atoms with Crippen LogP contribution in [0, 0.1) is 13.8 Å². The summed E-state index contributed by atoms with van der Waals surface area (Å²) in [4.78, 5) is 26.1. The Morgan fingerprint density at radius 2 is 2.20 bits per heavy atom. The van der Waals surface area contributed by atoms with Crippen molar-refractivity contribution in [2.24, 2.45) is 0 Å². The van der Waals surface area contributed by atoms with Crippen molar-refractivity contribution in [3.63, 3.8) is 0 Å². The minimum absolute atomic E-state index is 0.00570. The van der Waals surface area contributed by atoms with Crippen molar-refractivity contribution in [3.05, 3.63) is 46.7 Å². The van der Waals surface area contributed by atoms with Gasteiger partial charge in [0.05, 0.1) is 12.2 Å². The fraction of sp³-hybridized carbons (Fsp3) is 0.312. The summed E-state index contributed by atoms with van der Waals surface area (Å²) >= 11 is 1.57. The SMILES string of the molecule is Cc1nc2ncnn2c(C)c1CCC(=O)NCc1cn2ccsc2n1. The quantitative estimate of drug-likeness (QED) is 0.588. The van der Waals surface area contributed by atoms with Gasteiger partial charge in [0.2, 0.25) is 5.91 Å². The number of aryl methyl sites for hydroxylation is 2. The highest BCUT2D eigenvalue weighted by atomic mass is 32.1. The van der Waals surface area contributed by atoms with E-state index in [0.29, 0.717) is 25.2 Å². The van der Waals surface area contributed by atoms with E-state index in [0.717, 1.165) is 27.6 Å². The van der Waals surface area contributed by atoms with Crippen molar-refractivity contribution in [3.8, 4) is 0 Å². The van der Waals surface area contributed by atoms with Crippen molar-refractivity contribution < 1.29 is 4.79 Å². The first kappa shape index (κ1) is 15.7. The lowest BCUT2D eigenvalue weighted by atomic mass is 10.1. The molecule has 0 aliphatic carbocycles. The van der Waals surface area contributed by atoms with Crippen LogP contribution in [-0.2, 0) is 17.8 Å². The number of nitrogens with one attached hydrogen (secondary N) is 1. The number of carbonyl (C=O) groups is 1. The van der Waals surface area contributed by atoms with Crippen molar-refractivity contribution in [2.45, 2.75) is 33.2 Å². The highest BCUT2D eigenvalue weighted by Gasteiger charge is 2.13. The Morgan fingerprint density at radius 1 is 1.32 bits per heavy atom. The van der Waals surface area contributed by atoms with Gasteiger partial charge in [-0.2, -0.15) is 10.1 Å². The minimum atomic E-state index is -0.00570. The number of rotatable bonds is 5. The van der Waals surface area contributed by atoms with Gasteiger partial charge in [0.15, 0.2) is 4.96 Å². The van der Waals surface area contributed by atoms with Crippen molar-refractivity contribution in [1.82, 2.24) is 34.3 Å². The molecular weight excluding hydrogens is 338 g/mol. The fourth-order valence-electron chi connectivity index (χ4n) is 2.89. The van der Waals surface area contributed by atoms with E-state index < -0.39 is 0 Å². The topological polar surface area (TPSA) is 89.5 Å². The molecule has 4 aromatic heterocycles. The highest BCUT2D eigenvalue weighted by molar-refractivity contribution is 7.15. The molecule has 9 heteroatoms. The monoisotopic (exact) mass is 355 g/mol. The summed E-state index contributed by atoms with van der Waals surface area (Å²) in [6.45, 7) is 4.35. The van der Waals surface area contributed by atoms with Crippen LogP contribution in [0.3, 0.4) is 0 Å². The largest absolute Gasteiger partial charge is 0.350 e. The Kier molecular flexibility index (Phi) is 3.92. The summed E-state index contributed by atoms with van der Waals surface area (Å²) in [6, 6.07) is 0. The van der Waals surface area contributed by atoms with Gasteiger partial charge in [-0.15, -0.1) is 11.3 Å². The maximum Gasteiger partial charge on any atom is 0.252 e. The third kappa shape index (κ3) is 2.98. The average molecular weight is 355 g/mol. The standard InChI is InChI=1S/C16H17N7OS/c1-10-13(11(2)23-15(20-10)18-9-19-23)3-4-14(24)17-7-12-8-22-5-6-25-16(22)21-12/h5-6,8-9H,3-4,7H2,1-2H3,(H,17,24). The second-order valence-electron chi connectivity index (χ2n) is 5.83.